The van der Waals surface area contributed by atoms with Crippen molar-refractivity contribution in [1.82, 2.24) is 9.97 Å². The molecule has 0 saturated heterocycles. The van der Waals surface area contributed by atoms with Crippen LogP contribution >= 0.6 is 0 Å². The molecule has 0 radical (unpaired) electrons. The fourth-order valence-corrected chi connectivity index (χ4v) is 2.48. The molecule has 2 aromatic heterocycles. The molecule has 0 bridgehead atoms. The summed E-state index contributed by atoms with van der Waals surface area (Å²) in [5, 5.41) is 10.8. The van der Waals surface area contributed by atoms with E-state index in [4.69, 9.17) is 0 Å². The van der Waals surface area contributed by atoms with Crippen LogP contribution in [0.2, 0.25) is 0 Å². The second kappa shape index (κ2) is 5.37. The van der Waals surface area contributed by atoms with Gasteiger partial charge in [-0.15, -0.1) is 0 Å². The smallest absolute Gasteiger partial charge is 0.137 e. The van der Waals surface area contributed by atoms with E-state index in [2.05, 4.69) is 29.2 Å². The molecule has 2 heterocycles. The Kier molecular flexibility index (Phi) is 3.42. The third-order valence-electron chi connectivity index (χ3n) is 3.60. The number of phenols is 1. The molecule has 0 atom stereocenters. The Balaban J connectivity index is 2.04. The number of nitrogens with zero attached hydrogens (tertiary/aromatic N) is 1. The van der Waals surface area contributed by atoms with Crippen molar-refractivity contribution in [2.24, 2.45) is 0 Å². The number of aromatic hydroxyl groups is 1. The molecule has 0 aliphatic heterocycles. The minimum absolute atomic E-state index is 0.280. The van der Waals surface area contributed by atoms with Crippen LogP contribution in [0.25, 0.3) is 22.2 Å². The number of hydrogen-bond acceptors (Lipinski definition) is 2. The predicted octanol–water partition coefficient (Wildman–Crippen LogP) is 4.28. The lowest BCUT2D eigenvalue weighted by Crippen LogP contribution is -1.85. The Morgan fingerprint density at radius 2 is 2.10 bits per heavy atom. The SMILES string of the molecule is CCCCc1c[nH]c2ncc(-c3cccc(O)c3)cc12. The van der Waals surface area contributed by atoms with Crippen molar-refractivity contribution < 1.29 is 5.11 Å². The third kappa shape index (κ3) is 2.39. The molecule has 1 aromatic carbocycles. The molecular formula is C17H18N2O. The van der Waals surface area contributed by atoms with Gasteiger partial charge in [0.25, 0.3) is 0 Å². The van der Waals surface area contributed by atoms with Crippen LogP contribution in [0, 0.1) is 0 Å². The van der Waals surface area contributed by atoms with E-state index in [1.165, 1.54) is 23.8 Å². The van der Waals surface area contributed by atoms with Crippen LogP contribution in [0.5, 0.6) is 5.75 Å². The van der Waals surface area contributed by atoms with E-state index in [9.17, 15) is 5.11 Å². The monoisotopic (exact) mass is 266 g/mol. The summed E-state index contributed by atoms with van der Waals surface area (Å²) in [5.41, 5.74) is 4.27. The summed E-state index contributed by atoms with van der Waals surface area (Å²) < 4.78 is 0. The Morgan fingerprint density at radius 3 is 2.90 bits per heavy atom. The average Bonchev–Trinajstić information content (AvgIpc) is 2.87. The molecule has 0 aliphatic rings. The number of fused-ring (bicyclic) bond motifs is 1. The van der Waals surface area contributed by atoms with Gasteiger partial charge in [0.2, 0.25) is 0 Å². The first-order chi connectivity index (χ1) is 9.78. The topological polar surface area (TPSA) is 48.9 Å². The van der Waals surface area contributed by atoms with Crippen LogP contribution in [-0.2, 0) is 6.42 Å². The molecule has 0 amide bonds. The highest BCUT2D eigenvalue weighted by molar-refractivity contribution is 5.84. The van der Waals surface area contributed by atoms with Crippen LogP contribution in [0.1, 0.15) is 25.3 Å². The number of H-pyrrole nitrogens is 1. The number of aromatic nitrogens is 2. The zero-order valence-corrected chi connectivity index (χ0v) is 11.6. The zero-order valence-electron chi connectivity index (χ0n) is 11.6. The van der Waals surface area contributed by atoms with Gasteiger partial charge in [-0.25, -0.2) is 4.98 Å². The highest BCUT2D eigenvalue weighted by atomic mass is 16.3. The van der Waals surface area contributed by atoms with Crippen LogP contribution in [0.3, 0.4) is 0 Å². The highest BCUT2D eigenvalue weighted by Crippen LogP contribution is 2.27. The fraction of sp³-hybridized carbons (Fsp3) is 0.235. The summed E-state index contributed by atoms with van der Waals surface area (Å²) in [5.74, 6) is 0.280. The van der Waals surface area contributed by atoms with Crippen molar-refractivity contribution in [2.45, 2.75) is 26.2 Å². The van der Waals surface area contributed by atoms with Crippen molar-refractivity contribution in [3.63, 3.8) is 0 Å². The number of nitrogens with one attached hydrogen (secondary N) is 1. The van der Waals surface area contributed by atoms with E-state index >= 15 is 0 Å². The van der Waals surface area contributed by atoms with Crippen molar-refractivity contribution in [1.29, 1.82) is 0 Å². The maximum Gasteiger partial charge on any atom is 0.137 e. The number of unbranched alkanes of at least 4 members (excludes halogenated alkanes) is 1. The molecule has 0 spiro atoms. The van der Waals surface area contributed by atoms with Crippen LogP contribution in [-0.4, -0.2) is 15.1 Å². The van der Waals surface area contributed by atoms with Gasteiger partial charge < -0.3 is 10.1 Å². The molecule has 2 N–H and O–H groups in total. The second-order valence-electron chi connectivity index (χ2n) is 5.09. The Hall–Kier alpha value is -2.29. The standard InChI is InChI=1S/C17H18N2O/c1-2-3-5-13-10-18-17-16(13)9-14(11-19-17)12-6-4-7-15(20)8-12/h4,6-11,20H,2-3,5H2,1H3,(H,18,19). The van der Waals surface area contributed by atoms with Crippen LogP contribution in [0.15, 0.2) is 42.7 Å². The van der Waals surface area contributed by atoms with Gasteiger partial charge >= 0.3 is 0 Å². The molecular weight excluding hydrogens is 248 g/mol. The van der Waals surface area contributed by atoms with E-state index in [1.807, 2.05) is 18.3 Å². The van der Waals surface area contributed by atoms with Gasteiger partial charge in [0.15, 0.2) is 0 Å². The summed E-state index contributed by atoms with van der Waals surface area (Å²) in [7, 11) is 0. The lowest BCUT2D eigenvalue weighted by atomic mass is 10.0. The van der Waals surface area contributed by atoms with Gasteiger partial charge in [0.05, 0.1) is 0 Å². The zero-order chi connectivity index (χ0) is 13.9. The number of aryl methyl sites for hydroxylation is 1. The highest BCUT2D eigenvalue weighted by Gasteiger charge is 2.07. The van der Waals surface area contributed by atoms with Crippen molar-refractivity contribution in [3.05, 3.63) is 48.3 Å². The summed E-state index contributed by atoms with van der Waals surface area (Å²) in [4.78, 5) is 7.71. The molecule has 3 rings (SSSR count). The summed E-state index contributed by atoms with van der Waals surface area (Å²) >= 11 is 0. The van der Waals surface area contributed by atoms with Gasteiger partial charge in [-0.05, 0) is 42.2 Å². The van der Waals surface area contributed by atoms with Gasteiger partial charge in [0.1, 0.15) is 11.4 Å². The molecule has 20 heavy (non-hydrogen) atoms. The van der Waals surface area contributed by atoms with Crippen LogP contribution in [0.4, 0.5) is 0 Å². The molecule has 3 aromatic rings. The van der Waals surface area contributed by atoms with E-state index < -0.39 is 0 Å². The minimum Gasteiger partial charge on any atom is -0.508 e. The van der Waals surface area contributed by atoms with Crippen molar-refractivity contribution in [3.8, 4) is 16.9 Å². The number of benzene rings is 1. The van der Waals surface area contributed by atoms with E-state index in [1.54, 1.807) is 12.1 Å². The van der Waals surface area contributed by atoms with E-state index in [0.29, 0.717) is 0 Å². The van der Waals surface area contributed by atoms with E-state index in [0.717, 1.165) is 23.2 Å². The van der Waals surface area contributed by atoms with Gasteiger partial charge in [0, 0.05) is 23.3 Å². The molecule has 0 unspecified atom stereocenters. The Labute approximate surface area is 118 Å². The minimum atomic E-state index is 0.280. The van der Waals surface area contributed by atoms with Crippen molar-refractivity contribution in [2.75, 3.05) is 0 Å². The predicted molar refractivity (Wildman–Crippen MR) is 81.8 cm³/mol. The molecule has 0 fully saturated rings. The molecule has 0 saturated carbocycles. The number of phenolic OH excluding ortho intramolecular Hbond substituents is 1. The van der Waals surface area contributed by atoms with E-state index in [-0.39, 0.29) is 5.75 Å². The second-order valence-corrected chi connectivity index (χ2v) is 5.09. The Bertz CT molecular complexity index is 731. The quantitative estimate of drug-likeness (QED) is 0.740. The maximum absolute atomic E-state index is 9.59. The first kappa shape index (κ1) is 12.7. The summed E-state index contributed by atoms with van der Waals surface area (Å²) in [6.07, 6.45) is 7.34. The number of rotatable bonds is 4. The molecule has 3 nitrogen and oxygen atoms in total. The van der Waals surface area contributed by atoms with Crippen LogP contribution < -0.4 is 0 Å². The first-order valence-electron chi connectivity index (χ1n) is 7.03. The normalized spacial score (nSPS) is 11.1. The van der Waals surface area contributed by atoms with Gasteiger partial charge in [-0.1, -0.05) is 25.5 Å². The first-order valence-corrected chi connectivity index (χ1v) is 7.03. The van der Waals surface area contributed by atoms with Gasteiger partial charge in [-0.3, -0.25) is 0 Å². The average molecular weight is 266 g/mol. The Morgan fingerprint density at radius 1 is 1.20 bits per heavy atom. The summed E-state index contributed by atoms with van der Waals surface area (Å²) in [6.45, 7) is 2.20. The molecule has 102 valence electrons. The largest absolute Gasteiger partial charge is 0.508 e. The lowest BCUT2D eigenvalue weighted by molar-refractivity contribution is 0.475. The molecule has 3 heteroatoms. The third-order valence-corrected chi connectivity index (χ3v) is 3.60. The summed E-state index contributed by atoms with van der Waals surface area (Å²) in [6, 6.07) is 9.43. The number of aromatic amines is 1. The van der Waals surface area contributed by atoms with Crippen molar-refractivity contribution >= 4 is 11.0 Å². The number of pyridine rings is 1. The van der Waals surface area contributed by atoms with Gasteiger partial charge in [-0.2, -0.15) is 0 Å². The fourth-order valence-electron chi connectivity index (χ4n) is 2.48. The maximum atomic E-state index is 9.59. The number of hydrogen-bond donors (Lipinski definition) is 2. The lowest BCUT2D eigenvalue weighted by Gasteiger charge is -2.03. The molecule has 0 aliphatic carbocycles.